The topological polar surface area (TPSA) is 61.8 Å². The molecule has 0 spiro atoms. The molecule has 0 unspecified atom stereocenters. The average molecular weight is 315 g/mol. The average Bonchev–Trinajstić information content (AvgIpc) is 2.38. The number of rotatable bonds is 3. The molecule has 6 heteroatoms. The first-order chi connectivity index (χ1) is 8.65. The van der Waals surface area contributed by atoms with Gasteiger partial charge in [0.05, 0.1) is 18.8 Å². The molecule has 1 aromatic rings. The van der Waals surface area contributed by atoms with E-state index in [2.05, 4.69) is 15.9 Å². The minimum atomic E-state index is -0.878. The maximum atomic E-state index is 12.0. The van der Waals surface area contributed by atoms with Crippen LogP contribution in [-0.2, 0) is 20.9 Å². The molecule has 0 radical (unpaired) electrons. The first-order valence-corrected chi connectivity index (χ1v) is 6.17. The Bertz CT molecular complexity index is 497. The van der Waals surface area contributed by atoms with Crippen LogP contribution in [0.4, 0.5) is 0 Å². The number of hydrogen-bond donors (Lipinski definition) is 0. The van der Waals surface area contributed by atoms with Gasteiger partial charge in [-0.05, 0) is 19.1 Å². The Balaban J connectivity index is 2.43. The highest BCUT2D eigenvalue weighted by molar-refractivity contribution is 9.10. The lowest BCUT2D eigenvalue weighted by Gasteiger charge is -2.20. The molecule has 1 aromatic carbocycles. The number of carbonyl (C=O) groups excluding carboxylic acids is 2. The van der Waals surface area contributed by atoms with Gasteiger partial charge < -0.3 is 14.2 Å². The van der Waals surface area contributed by atoms with Crippen molar-refractivity contribution in [2.24, 2.45) is 0 Å². The Morgan fingerprint density at radius 1 is 1.44 bits per heavy atom. The van der Waals surface area contributed by atoms with Crippen molar-refractivity contribution in [3.63, 3.8) is 0 Å². The van der Waals surface area contributed by atoms with Gasteiger partial charge in [-0.1, -0.05) is 15.9 Å². The molecule has 0 amide bonds. The fraction of sp³-hybridized carbons (Fsp3) is 0.333. The second kappa shape index (κ2) is 5.49. The summed E-state index contributed by atoms with van der Waals surface area (Å²) in [6, 6.07) is 3.39. The Morgan fingerprint density at radius 2 is 2.22 bits per heavy atom. The Kier molecular flexibility index (Phi) is 3.98. The van der Waals surface area contributed by atoms with E-state index in [0.29, 0.717) is 15.8 Å². The highest BCUT2D eigenvalue weighted by atomic mass is 79.9. The number of Topliss-reactive ketones (excluding diaryl/α,β-unsaturated/α-hetero) is 1. The van der Waals surface area contributed by atoms with Gasteiger partial charge in [0.1, 0.15) is 5.75 Å². The van der Waals surface area contributed by atoms with Crippen molar-refractivity contribution < 1.29 is 23.8 Å². The summed E-state index contributed by atoms with van der Waals surface area (Å²) in [5.41, 5.74) is 0.805. The van der Waals surface area contributed by atoms with Gasteiger partial charge in [-0.2, -0.15) is 0 Å². The van der Waals surface area contributed by atoms with Crippen LogP contribution < -0.4 is 4.74 Å². The standard InChI is InChI=1S/C12H11BrO5/c1-2-17-12(15)11(14)10-7-5-16-6-18-9(7)4-3-8(10)13/h3-4H,2,5-6H2,1H3. The summed E-state index contributed by atoms with van der Waals surface area (Å²) < 4.78 is 15.6. The van der Waals surface area contributed by atoms with E-state index in [1.54, 1.807) is 19.1 Å². The van der Waals surface area contributed by atoms with Gasteiger partial charge in [0.2, 0.25) is 0 Å². The lowest BCUT2D eigenvalue weighted by atomic mass is 10.0. The van der Waals surface area contributed by atoms with Crippen molar-refractivity contribution in [2.45, 2.75) is 13.5 Å². The number of hydrogen-bond acceptors (Lipinski definition) is 5. The molecule has 0 N–H and O–H groups in total. The van der Waals surface area contributed by atoms with Crippen molar-refractivity contribution in [3.05, 3.63) is 27.7 Å². The van der Waals surface area contributed by atoms with Crippen molar-refractivity contribution in [3.8, 4) is 5.75 Å². The highest BCUT2D eigenvalue weighted by Gasteiger charge is 2.27. The van der Waals surface area contributed by atoms with Crippen molar-refractivity contribution in [1.29, 1.82) is 0 Å². The first kappa shape index (κ1) is 13.0. The maximum Gasteiger partial charge on any atom is 0.379 e. The van der Waals surface area contributed by atoms with Crippen LogP contribution in [-0.4, -0.2) is 25.2 Å². The molecule has 0 aromatic heterocycles. The third-order valence-corrected chi connectivity index (χ3v) is 3.11. The van der Waals surface area contributed by atoms with Crippen LogP contribution in [0.5, 0.6) is 5.75 Å². The van der Waals surface area contributed by atoms with Crippen LogP contribution in [0.25, 0.3) is 0 Å². The van der Waals surface area contributed by atoms with Gasteiger partial charge in [-0.3, -0.25) is 4.79 Å². The third kappa shape index (κ3) is 2.39. The predicted octanol–water partition coefficient (Wildman–Crippen LogP) is 2.06. The molecule has 18 heavy (non-hydrogen) atoms. The minimum Gasteiger partial charge on any atom is -0.467 e. The minimum absolute atomic E-state index is 0.141. The summed E-state index contributed by atoms with van der Waals surface area (Å²) >= 11 is 3.26. The molecule has 1 aliphatic rings. The van der Waals surface area contributed by atoms with Crippen molar-refractivity contribution in [1.82, 2.24) is 0 Å². The molecule has 0 fully saturated rings. The lowest BCUT2D eigenvalue weighted by molar-refractivity contribution is -0.137. The van der Waals surface area contributed by atoms with E-state index in [0.717, 1.165) is 0 Å². The van der Waals surface area contributed by atoms with Crippen LogP contribution in [0.3, 0.4) is 0 Å². The van der Waals surface area contributed by atoms with E-state index in [4.69, 9.17) is 14.2 Å². The normalized spacial score (nSPS) is 13.4. The smallest absolute Gasteiger partial charge is 0.379 e. The lowest BCUT2D eigenvalue weighted by Crippen LogP contribution is -2.22. The number of ether oxygens (including phenoxy) is 3. The monoisotopic (exact) mass is 314 g/mol. The molecule has 1 aliphatic heterocycles. The van der Waals surface area contributed by atoms with Gasteiger partial charge in [-0.25, -0.2) is 4.79 Å². The fourth-order valence-electron chi connectivity index (χ4n) is 1.67. The number of fused-ring (bicyclic) bond motifs is 1. The number of benzene rings is 1. The van der Waals surface area contributed by atoms with Crippen LogP contribution in [0.15, 0.2) is 16.6 Å². The molecular formula is C12H11BrO5. The Labute approximate surface area is 112 Å². The van der Waals surface area contributed by atoms with E-state index in [9.17, 15) is 9.59 Å². The van der Waals surface area contributed by atoms with E-state index in [1.807, 2.05) is 0 Å². The van der Waals surface area contributed by atoms with Crippen LogP contribution in [0, 0.1) is 0 Å². The predicted molar refractivity (Wildman–Crippen MR) is 65.4 cm³/mol. The molecule has 0 saturated carbocycles. The van der Waals surface area contributed by atoms with Gasteiger partial charge >= 0.3 is 5.97 Å². The zero-order chi connectivity index (χ0) is 13.1. The molecule has 5 nitrogen and oxygen atoms in total. The molecule has 0 saturated heterocycles. The van der Waals surface area contributed by atoms with Gasteiger partial charge in [0.15, 0.2) is 6.79 Å². The Hall–Kier alpha value is -1.40. The number of halogens is 1. The van der Waals surface area contributed by atoms with Crippen LogP contribution >= 0.6 is 15.9 Å². The highest BCUT2D eigenvalue weighted by Crippen LogP contribution is 2.32. The van der Waals surface area contributed by atoms with Crippen molar-refractivity contribution in [2.75, 3.05) is 13.4 Å². The molecule has 2 rings (SSSR count). The van der Waals surface area contributed by atoms with Crippen molar-refractivity contribution >= 4 is 27.7 Å². The summed E-state index contributed by atoms with van der Waals surface area (Å²) in [6.07, 6.45) is 0. The van der Waals surface area contributed by atoms with E-state index >= 15 is 0 Å². The second-order valence-electron chi connectivity index (χ2n) is 3.56. The summed E-state index contributed by atoms with van der Waals surface area (Å²) in [5.74, 6) is -1.02. The van der Waals surface area contributed by atoms with E-state index in [1.165, 1.54) is 0 Å². The molecule has 1 heterocycles. The molecule has 0 aliphatic carbocycles. The summed E-state index contributed by atoms with van der Waals surface area (Å²) in [7, 11) is 0. The summed E-state index contributed by atoms with van der Waals surface area (Å²) in [5, 5.41) is 0. The van der Waals surface area contributed by atoms with E-state index in [-0.39, 0.29) is 25.6 Å². The van der Waals surface area contributed by atoms with Crippen LogP contribution in [0.1, 0.15) is 22.8 Å². The maximum absolute atomic E-state index is 12.0. The molecule has 0 atom stereocenters. The second-order valence-corrected chi connectivity index (χ2v) is 4.41. The number of ketones is 1. The Morgan fingerprint density at radius 3 is 2.94 bits per heavy atom. The largest absolute Gasteiger partial charge is 0.467 e. The fourth-order valence-corrected chi connectivity index (χ4v) is 2.22. The quantitative estimate of drug-likeness (QED) is 0.485. The number of esters is 1. The summed E-state index contributed by atoms with van der Waals surface area (Å²) in [4.78, 5) is 23.5. The molecular weight excluding hydrogens is 304 g/mol. The zero-order valence-corrected chi connectivity index (χ0v) is 11.3. The molecule has 96 valence electrons. The molecule has 0 bridgehead atoms. The van der Waals surface area contributed by atoms with Gasteiger partial charge in [-0.15, -0.1) is 0 Å². The first-order valence-electron chi connectivity index (χ1n) is 5.38. The number of carbonyl (C=O) groups is 2. The SMILES string of the molecule is CCOC(=O)C(=O)c1c(Br)ccc2c1COCO2. The summed E-state index contributed by atoms with van der Waals surface area (Å²) in [6.45, 7) is 2.17. The third-order valence-electron chi connectivity index (χ3n) is 2.45. The van der Waals surface area contributed by atoms with Gasteiger partial charge in [0, 0.05) is 10.0 Å². The zero-order valence-electron chi connectivity index (χ0n) is 9.70. The van der Waals surface area contributed by atoms with Gasteiger partial charge in [0.25, 0.3) is 5.78 Å². The van der Waals surface area contributed by atoms with E-state index < -0.39 is 11.8 Å². The van der Waals surface area contributed by atoms with Crippen LogP contribution in [0.2, 0.25) is 0 Å².